The van der Waals surface area contributed by atoms with Crippen molar-refractivity contribution >= 4 is 29.9 Å². The Morgan fingerprint density at radius 2 is 1.72 bits per heavy atom. The average Bonchev–Trinajstić information content (AvgIpc) is 2.47. The van der Waals surface area contributed by atoms with Gasteiger partial charge in [0.15, 0.2) is 0 Å². The van der Waals surface area contributed by atoms with Crippen molar-refractivity contribution in [2.45, 2.75) is 50.9 Å². The summed E-state index contributed by atoms with van der Waals surface area (Å²) in [6.07, 6.45) is -1.68. The van der Waals surface area contributed by atoms with E-state index in [9.17, 15) is 22.8 Å². The van der Waals surface area contributed by atoms with Gasteiger partial charge in [-0.2, -0.15) is 13.2 Å². The van der Waals surface area contributed by atoms with Crippen LogP contribution in [0.3, 0.4) is 0 Å². The predicted molar refractivity (Wildman–Crippen MR) is 90.7 cm³/mol. The second-order valence-electron chi connectivity index (χ2n) is 6.06. The van der Waals surface area contributed by atoms with Gasteiger partial charge in [0.05, 0.1) is 5.56 Å². The molecule has 1 saturated carbocycles. The van der Waals surface area contributed by atoms with Crippen LogP contribution in [0, 0.1) is 0 Å². The smallest absolute Gasteiger partial charge is 0.349 e. The predicted octanol–water partition coefficient (Wildman–Crippen LogP) is 3.09. The maximum absolute atomic E-state index is 13.0. The second kappa shape index (κ2) is 8.53. The minimum atomic E-state index is -4.61. The van der Waals surface area contributed by atoms with Crippen LogP contribution in [0.15, 0.2) is 18.2 Å². The fourth-order valence-corrected chi connectivity index (χ4v) is 2.73. The van der Waals surface area contributed by atoms with Gasteiger partial charge < -0.3 is 16.4 Å². The third-order valence-electron chi connectivity index (χ3n) is 3.95. The van der Waals surface area contributed by atoms with Gasteiger partial charge in [0.1, 0.15) is 0 Å². The Kier molecular flexibility index (Phi) is 7.25. The number of halogens is 4. The Morgan fingerprint density at radius 1 is 1.12 bits per heavy atom. The number of carbonyl (C=O) groups excluding carboxylic acids is 2. The molecule has 1 aromatic carbocycles. The Balaban J connectivity index is 0.00000312. The standard InChI is InChI=1S/C16H20F3N3O2.ClH/c1-9(23)21-14-7-10(6-11(8-14)16(17,18)19)15(24)22-13-4-2-12(20)3-5-13;/h6-8,12-13H,2-5,20H2,1H3,(H,21,23)(H,22,24);1H. The van der Waals surface area contributed by atoms with E-state index in [0.717, 1.165) is 25.0 Å². The van der Waals surface area contributed by atoms with Gasteiger partial charge in [0.2, 0.25) is 5.91 Å². The highest BCUT2D eigenvalue weighted by Crippen LogP contribution is 2.32. The number of benzene rings is 1. The summed E-state index contributed by atoms with van der Waals surface area (Å²) >= 11 is 0. The van der Waals surface area contributed by atoms with Gasteiger partial charge in [-0.1, -0.05) is 0 Å². The quantitative estimate of drug-likeness (QED) is 0.754. The first kappa shape index (κ1) is 21.2. The summed E-state index contributed by atoms with van der Waals surface area (Å²) < 4.78 is 39.0. The number of anilines is 1. The number of hydrogen-bond donors (Lipinski definition) is 3. The monoisotopic (exact) mass is 379 g/mol. The van der Waals surface area contributed by atoms with E-state index in [-0.39, 0.29) is 35.7 Å². The first-order valence-corrected chi connectivity index (χ1v) is 7.71. The molecule has 0 unspecified atom stereocenters. The van der Waals surface area contributed by atoms with Crippen LogP contribution in [0.1, 0.15) is 48.5 Å². The average molecular weight is 380 g/mol. The van der Waals surface area contributed by atoms with Crippen LogP contribution in [0.25, 0.3) is 0 Å². The maximum atomic E-state index is 13.0. The number of hydrogen-bond acceptors (Lipinski definition) is 3. The molecule has 140 valence electrons. The summed E-state index contributed by atoms with van der Waals surface area (Å²) in [5, 5.41) is 5.03. The fourth-order valence-electron chi connectivity index (χ4n) is 2.73. The van der Waals surface area contributed by atoms with E-state index < -0.39 is 23.6 Å². The first-order valence-electron chi connectivity index (χ1n) is 7.71. The molecule has 1 aliphatic carbocycles. The first-order chi connectivity index (χ1) is 11.1. The molecule has 9 heteroatoms. The van der Waals surface area contributed by atoms with Crippen molar-refractivity contribution in [3.63, 3.8) is 0 Å². The molecule has 0 aromatic heterocycles. The molecule has 1 aliphatic rings. The lowest BCUT2D eigenvalue weighted by molar-refractivity contribution is -0.137. The zero-order chi connectivity index (χ0) is 17.9. The van der Waals surface area contributed by atoms with Crippen LogP contribution in [-0.4, -0.2) is 23.9 Å². The lowest BCUT2D eigenvalue weighted by atomic mass is 9.91. The Bertz CT molecular complexity index is 630. The second-order valence-corrected chi connectivity index (χ2v) is 6.06. The van der Waals surface area contributed by atoms with Gasteiger partial charge in [0.25, 0.3) is 5.91 Å². The van der Waals surface area contributed by atoms with E-state index in [1.807, 2.05) is 0 Å². The molecule has 4 N–H and O–H groups in total. The number of nitrogens with one attached hydrogen (secondary N) is 2. The third-order valence-corrected chi connectivity index (χ3v) is 3.95. The Labute approximate surface area is 149 Å². The van der Waals surface area contributed by atoms with Crippen LogP contribution in [0.4, 0.5) is 18.9 Å². The van der Waals surface area contributed by atoms with Gasteiger partial charge in [-0.15, -0.1) is 12.4 Å². The lowest BCUT2D eigenvalue weighted by Gasteiger charge is -2.27. The molecule has 0 radical (unpaired) electrons. The van der Waals surface area contributed by atoms with Crippen LogP contribution in [-0.2, 0) is 11.0 Å². The van der Waals surface area contributed by atoms with Gasteiger partial charge in [-0.25, -0.2) is 0 Å². The highest BCUT2D eigenvalue weighted by Gasteiger charge is 2.32. The van der Waals surface area contributed by atoms with Gasteiger partial charge in [-0.05, 0) is 43.9 Å². The highest BCUT2D eigenvalue weighted by atomic mass is 35.5. The highest BCUT2D eigenvalue weighted by molar-refractivity contribution is 5.97. The van der Waals surface area contributed by atoms with Crippen molar-refractivity contribution in [1.82, 2.24) is 5.32 Å². The van der Waals surface area contributed by atoms with Crippen LogP contribution >= 0.6 is 12.4 Å². The molecule has 5 nitrogen and oxygen atoms in total. The molecule has 0 spiro atoms. The zero-order valence-corrected chi connectivity index (χ0v) is 14.5. The maximum Gasteiger partial charge on any atom is 0.416 e. The normalized spacial score (nSPS) is 20.4. The number of rotatable bonds is 3. The van der Waals surface area contributed by atoms with Crippen molar-refractivity contribution < 1.29 is 22.8 Å². The SMILES string of the molecule is CC(=O)Nc1cc(C(=O)NC2CCC(N)CC2)cc(C(F)(F)F)c1.Cl. The van der Waals surface area contributed by atoms with Crippen molar-refractivity contribution in [1.29, 1.82) is 0 Å². The molecule has 0 bridgehead atoms. The molecule has 2 rings (SSSR count). The topological polar surface area (TPSA) is 84.2 Å². The summed E-state index contributed by atoms with van der Waals surface area (Å²) in [5.74, 6) is -1.10. The van der Waals surface area contributed by atoms with E-state index in [1.165, 1.54) is 13.0 Å². The molecule has 25 heavy (non-hydrogen) atoms. The van der Waals surface area contributed by atoms with E-state index in [1.54, 1.807) is 0 Å². The lowest BCUT2D eigenvalue weighted by Crippen LogP contribution is -2.40. The summed E-state index contributed by atoms with van der Waals surface area (Å²) in [7, 11) is 0. The number of amides is 2. The molecule has 1 aromatic rings. The third kappa shape index (κ3) is 6.21. The molecule has 0 saturated heterocycles. The summed E-state index contributed by atoms with van der Waals surface area (Å²) in [5.41, 5.74) is 4.62. The van der Waals surface area contributed by atoms with Crippen molar-refractivity contribution in [3.8, 4) is 0 Å². The molecular weight excluding hydrogens is 359 g/mol. The van der Waals surface area contributed by atoms with Gasteiger partial charge in [-0.3, -0.25) is 9.59 Å². The van der Waals surface area contributed by atoms with Crippen LogP contribution in [0.2, 0.25) is 0 Å². The molecule has 0 heterocycles. The van der Waals surface area contributed by atoms with E-state index in [2.05, 4.69) is 10.6 Å². The minimum Gasteiger partial charge on any atom is -0.349 e. The summed E-state index contributed by atoms with van der Waals surface area (Å²) in [6, 6.07) is 2.84. The van der Waals surface area contributed by atoms with E-state index in [0.29, 0.717) is 12.8 Å². The summed E-state index contributed by atoms with van der Waals surface area (Å²) in [6.45, 7) is 1.19. The van der Waals surface area contributed by atoms with Crippen molar-refractivity contribution in [2.24, 2.45) is 5.73 Å². The number of nitrogens with two attached hydrogens (primary N) is 1. The molecule has 2 amide bonds. The van der Waals surface area contributed by atoms with Crippen LogP contribution < -0.4 is 16.4 Å². The largest absolute Gasteiger partial charge is 0.416 e. The fraction of sp³-hybridized carbons (Fsp3) is 0.500. The Hall–Kier alpha value is -1.80. The zero-order valence-electron chi connectivity index (χ0n) is 13.7. The van der Waals surface area contributed by atoms with Crippen molar-refractivity contribution in [2.75, 3.05) is 5.32 Å². The number of alkyl halides is 3. The van der Waals surface area contributed by atoms with Gasteiger partial charge in [0, 0.05) is 30.3 Å². The number of carbonyl (C=O) groups is 2. The van der Waals surface area contributed by atoms with Crippen molar-refractivity contribution in [3.05, 3.63) is 29.3 Å². The molecular formula is C16H21ClF3N3O2. The van der Waals surface area contributed by atoms with Gasteiger partial charge >= 0.3 is 6.18 Å². The molecule has 0 atom stereocenters. The van der Waals surface area contributed by atoms with E-state index >= 15 is 0 Å². The molecule has 0 aliphatic heterocycles. The molecule has 1 fully saturated rings. The van der Waals surface area contributed by atoms with E-state index in [4.69, 9.17) is 5.73 Å². The Morgan fingerprint density at radius 3 is 2.24 bits per heavy atom. The summed E-state index contributed by atoms with van der Waals surface area (Å²) in [4.78, 5) is 23.4. The van der Waals surface area contributed by atoms with Crippen LogP contribution in [0.5, 0.6) is 0 Å². The minimum absolute atomic E-state index is 0.